The number of carbonyl (C=O) groups is 2. The summed E-state index contributed by atoms with van der Waals surface area (Å²) in [7, 11) is -4.06. The molecule has 0 heterocycles. The van der Waals surface area contributed by atoms with Crippen LogP contribution in [0.25, 0.3) is 0 Å². The van der Waals surface area contributed by atoms with Crippen molar-refractivity contribution in [3.8, 4) is 0 Å². The molecule has 0 aliphatic rings. The summed E-state index contributed by atoms with van der Waals surface area (Å²) in [5.41, 5.74) is 1.70. The third-order valence-corrected chi connectivity index (χ3v) is 6.39. The first-order chi connectivity index (χ1) is 15.7. The number of amides is 2. The predicted molar refractivity (Wildman–Crippen MR) is 125 cm³/mol. The van der Waals surface area contributed by atoms with Gasteiger partial charge in [0.05, 0.1) is 22.2 Å². The maximum Gasteiger partial charge on any atom is 0.261 e. The molecule has 3 N–H and O–H groups in total. The Kier molecular flexibility index (Phi) is 7.67. The van der Waals surface area contributed by atoms with Gasteiger partial charge in [0.2, 0.25) is 5.91 Å². The number of hydrogen-bond donors (Lipinski definition) is 3. The van der Waals surface area contributed by atoms with Crippen molar-refractivity contribution in [2.75, 3.05) is 16.6 Å². The van der Waals surface area contributed by atoms with E-state index in [-0.39, 0.29) is 27.7 Å². The van der Waals surface area contributed by atoms with Gasteiger partial charge in [-0.05, 0) is 60.5 Å². The minimum atomic E-state index is -4.06. The molecule has 0 unspecified atom stereocenters. The monoisotopic (exact) mass is 489 g/mol. The number of carbonyl (C=O) groups excluding carboxylic acids is 2. The van der Waals surface area contributed by atoms with Gasteiger partial charge in [0.15, 0.2) is 0 Å². The van der Waals surface area contributed by atoms with E-state index in [9.17, 15) is 22.4 Å². The lowest BCUT2D eigenvalue weighted by atomic mass is 10.1. The lowest BCUT2D eigenvalue weighted by Gasteiger charge is -2.12. The number of rotatable bonds is 8. The highest BCUT2D eigenvalue weighted by atomic mass is 35.5. The van der Waals surface area contributed by atoms with Crippen LogP contribution in [0.2, 0.25) is 5.02 Å². The number of aryl methyl sites for hydroxylation is 1. The van der Waals surface area contributed by atoms with E-state index in [0.29, 0.717) is 5.69 Å². The molecule has 0 saturated heterocycles. The Morgan fingerprint density at radius 2 is 1.67 bits per heavy atom. The summed E-state index contributed by atoms with van der Waals surface area (Å²) in [6.45, 7) is 1.69. The maximum atomic E-state index is 13.1. The van der Waals surface area contributed by atoms with Gasteiger partial charge in [0, 0.05) is 11.3 Å². The van der Waals surface area contributed by atoms with E-state index in [1.165, 1.54) is 18.2 Å². The highest BCUT2D eigenvalue weighted by Gasteiger charge is 2.18. The number of sulfonamides is 1. The zero-order valence-electron chi connectivity index (χ0n) is 17.6. The summed E-state index contributed by atoms with van der Waals surface area (Å²) in [5, 5.41) is 5.30. The van der Waals surface area contributed by atoms with Gasteiger partial charge in [-0.3, -0.25) is 14.3 Å². The smallest absolute Gasteiger partial charge is 0.261 e. The summed E-state index contributed by atoms with van der Waals surface area (Å²) < 4.78 is 40.5. The van der Waals surface area contributed by atoms with Gasteiger partial charge in [-0.2, -0.15) is 0 Å². The minimum Gasteiger partial charge on any atom is -0.343 e. The van der Waals surface area contributed by atoms with Gasteiger partial charge in [-0.1, -0.05) is 36.7 Å². The highest BCUT2D eigenvalue weighted by Crippen LogP contribution is 2.26. The molecule has 0 saturated carbocycles. The fourth-order valence-electron chi connectivity index (χ4n) is 2.97. The normalized spacial score (nSPS) is 11.0. The summed E-state index contributed by atoms with van der Waals surface area (Å²) in [6.07, 6.45) is 0.740. The van der Waals surface area contributed by atoms with Crippen LogP contribution in [0.5, 0.6) is 0 Å². The van der Waals surface area contributed by atoms with E-state index >= 15 is 0 Å². The Bertz CT molecular complexity index is 1280. The third kappa shape index (κ3) is 6.30. The van der Waals surface area contributed by atoms with Gasteiger partial charge in [0.1, 0.15) is 5.82 Å². The Labute approximate surface area is 196 Å². The summed E-state index contributed by atoms with van der Waals surface area (Å²) in [4.78, 5) is 24.6. The number of benzene rings is 3. The molecule has 0 aliphatic heterocycles. The fraction of sp³-hybridized carbons (Fsp3) is 0.130. The highest BCUT2D eigenvalue weighted by molar-refractivity contribution is 7.92. The molecule has 172 valence electrons. The average molecular weight is 490 g/mol. The van der Waals surface area contributed by atoms with Crippen molar-refractivity contribution in [3.05, 3.63) is 88.7 Å². The van der Waals surface area contributed by atoms with Crippen LogP contribution in [0, 0.1) is 5.82 Å². The standard InChI is InChI=1S/C23H21ClFN3O4S/c1-2-15-5-3-4-6-20(15)27-22(29)14-26-23(30)16-7-12-19(24)21(13-16)28-33(31,32)18-10-8-17(25)9-11-18/h3-13,28H,2,14H2,1H3,(H,26,30)(H,27,29). The Hall–Kier alpha value is -3.43. The Balaban J connectivity index is 1.67. The predicted octanol–water partition coefficient (Wildman–Crippen LogP) is 4.21. The molecular formula is C23H21ClFN3O4S. The summed E-state index contributed by atoms with van der Waals surface area (Å²) in [6, 6.07) is 15.6. The Morgan fingerprint density at radius 1 is 0.970 bits per heavy atom. The first-order valence-electron chi connectivity index (χ1n) is 9.93. The number of para-hydroxylation sites is 1. The van der Waals surface area contributed by atoms with Crippen LogP contribution < -0.4 is 15.4 Å². The fourth-order valence-corrected chi connectivity index (χ4v) is 4.26. The van der Waals surface area contributed by atoms with Gasteiger partial charge < -0.3 is 10.6 Å². The van der Waals surface area contributed by atoms with Crippen molar-refractivity contribution in [3.63, 3.8) is 0 Å². The van der Waals surface area contributed by atoms with E-state index in [0.717, 1.165) is 36.2 Å². The SMILES string of the molecule is CCc1ccccc1NC(=O)CNC(=O)c1ccc(Cl)c(NS(=O)(=O)c2ccc(F)cc2)c1. The van der Waals surface area contributed by atoms with Crippen molar-refractivity contribution >= 4 is 44.8 Å². The van der Waals surface area contributed by atoms with Crippen molar-refractivity contribution in [2.24, 2.45) is 0 Å². The molecule has 0 atom stereocenters. The second-order valence-corrected chi connectivity index (χ2v) is 9.09. The number of nitrogens with one attached hydrogen (secondary N) is 3. The second kappa shape index (κ2) is 10.5. The molecule has 3 aromatic carbocycles. The molecule has 0 spiro atoms. The lowest BCUT2D eigenvalue weighted by Crippen LogP contribution is -2.33. The van der Waals surface area contributed by atoms with Crippen LogP contribution in [-0.4, -0.2) is 26.8 Å². The first-order valence-corrected chi connectivity index (χ1v) is 11.8. The van der Waals surface area contributed by atoms with E-state index < -0.39 is 27.7 Å². The molecule has 0 aromatic heterocycles. The molecule has 0 fully saturated rings. The van der Waals surface area contributed by atoms with Crippen LogP contribution in [0.1, 0.15) is 22.8 Å². The number of hydrogen-bond acceptors (Lipinski definition) is 4. The van der Waals surface area contributed by atoms with Gasteiger partial charge in [-0.15, -0.1) is 0 Å². The van der Waals surface area contributed by atoms with Crippen molar-refractivity contribution in [1.29, 1.82) is 0 Å². The van der Waals surface area contributed by atoms with Crippen LogP contribution in [0.3, 0.4) is 0 Å². The average Bonchev–Trinajstić information content (AvgIpc) is 2.79. The number of halogens is 2. The van der Waals surface area contributed by atoms with Gasteiger partial charge in [0.25, 0.3) is 15.9 Å². The molecule has 10 heteroatoms. The quantitative estimate of drug-likeness (QED) is 0.441. The molecule has 2 amide bonds. The maximum absolute atomic E-state index is 13.1. The van der Waals surface area contributed by atoms with Crippen molar-refractivity contribution in [1.82, 2.24) is 5.32 Å². The Morgan fingerprint density at radius 3 is 2.36 bits per heavy atom. The molecule has 7 nitrogen and oxygen atoms in total. The largest absolute Gasteiger partial charge is 0.343 e. The molecule has 0 bridgehead atoms. The van der Waals surface area contributed by atoms with E-state index in [1.807, 2.05) is 19.1 Å². The third-order valence-electron chi connectivity index (χ3n) is 4.68. The minimum absolute atomic E-state index is 0.0324. The first kappa shape index (κ1) is 24.2. The zero-order valence-corrected chi connectivity index (χ0v) is 19.1. The van der Waals surface area contributed by atoms with E-state index in [1.54, 1.807) is 12.1 Å². The molecular weight excluding hydrogens is 469 g/mol. The molecule has 33 heavy (non-hydrogen) atoms. The van der Waals surface area contributed by atoms with Crippen molar-refractivity contribution < 1.29 is 22.4 Å². The second-order valence-electron chi connectivity index (χ2n) is 7.00. The molecule has 3 aromatic rings. The van der Waals surface area contributed by atoms with Crippen LogP contribution in [0.15, 0.2) is 71.6 Å². The van der Waals surface area contributed by atoms with E-state index in [2.05, 4.69) is 15.4 Å². The number of anilines is 2. The summed E-state index contributed by atoms with van der Waals surface area (Å²) in [5.74, 6) is -1.57. The molecule has 3 rings (SSSR count). The summed E-state index contributed by atoms with van der Waals surface area (Å²) >= 11 is 6.08. The van der Waals surface area contributed by atoms with Gasteiger partial charge in [-0.25, -0.2) is 12.8 Å². The molecule has 0 radical (unpaired) electrons. The van der Waals surface area contributed by atoms with Gasteiger partial charge >= 0.3 is 0 Å². The van der Waals surface area contributed by atoms with E-state index in [4.69, 9.17) is 11.6 Å². The topological polar surface area (TPSA) is 104 Å². The van der Waals surface area contributed by atoms with Crippen LogP contribution in [0.4, 0.5) is 15.8 Å². The zero-order chi connectivity index (χ0) is 24.0. The van der Waals surface area contributed by atoms with Crippen LogP contribution in [-0.2, 0) is 21.2 Å². The molecule has 0 aliphatic carbocycles. The lowest BCUT2D eigenvalue weighted by molar-refractivity contribution is -0.115. The van der Waals surface area contributed by atoms with Crippen LogP contribution >= 0.6 is 11.6 Å². The van der Waals surface area contributed by atoms with Crippen molar-refractivity contribution in [2.45, 2.75) is 18.2 Å².